The van der Waals surface area contributed by atoms with Crippen molar-refractivity contribution in [2.24, 2.45) is 10.7 Å². The smallest absolute Gasteiger partial charge is 0.0362 e. The van der Waals surface area contributed by atoms with Crippen LogP contribution in [0.5, 0.6) is 0 Å². The second-order valence-electron chi connectivity index (χ2n) is 3.06. The summed E-state index contributed by atoms with van der Waals surface area (Å²) in [6, 6.07) is 5.61. The van der Waals surface area contributed by atoms with E-state index in [2.05, 4.69) is 10.3 Å². The zero-order valence-corrected chi connectivity index (χ0v) is 7.36. The van der Waals surface area contributed by atoms with Crippen molar-refractivity contribution in [1.29, 1.82) is 0 Å². The lowest BCUT2D eigenvalue weighted by Crippen LogP contribution is -2.16. The molecule has 1 heterocycles. The molecule has 0 saturated heterocycles. The molecule has 0 amide bonds. The number of nitrogens with two attached hydrogens (primary N) is 2. The van der Waals surface area contributed by atoms with Gasteiger partial charge in [0.05, 0.1) is 0 Å². The Morgan fingerprint density at radius 3 is 2.92 bits per heavy atom. The summed E-state index contributed by atoms with van der Waals surface area (Å²) in [7, 11) is 0. The molecule has 4 N–H and O–H groups in total. The lowest BCUT2D eigenvalue weighted by molar-refractivity contribution is 0.928. The summed E-state index contributed by atoms with van der Waals surface area (Å²) in [5.41, 5.74) is 13.9. The Bertz CT molecular complexity index is 370. The van der Waals surface area contributed by atoms with Crippen molar-refractivity contribution in [3.05, 3.63) is 29.1 Å². The Hall–Kier alpha value is -1.71. The standard InChI is InChI=1S/C9H11N4/c1-5-8-6(10)3-2-4-7(8)13-9(11)12-5/h2-5H,10H2,1H3,(H2-,11,12,13)/q-1. The number of nitrogens with zero attached hydrogens (tertiary/aromatic N) is 2. The molecule has 1 aromatic rings. The predicted octanol–water partition coefficient (Wildman–Crippen LogP) is 1.66. The summed E-state index contributed by atoms with van der Waals surface area (Å²) in [6.45, 7) is 1.96. The van der Waals surface area contributed by atoms with Crippen LogP contribution in [0.1, 0.15) is 18.5 Å². The van der Waals surface area contributed by atoms with Gasteiger partial charge in [0.1, 0.15) is 0 Å². The molecule has 0 radical (unpaired) electrons. The van der Waals surface area contributed by atoms with Crippen LogP contribution in [0, 0.1) is 0 Å². The molecule has 0 aliphatic carbocycles. The lowest BCUT2D eigenvalue weighted by atomic mass is 10.0. The first-order valence-corrected chi connectivity index (χ1v) is 4.12. The number of guanidine groups is 1. The molecule has 4 nitrogen and oxygen atoms in total. The first-order valence-electron chi connectivity index (χ1n) is 4.12. The maximum Gasteiger partial charge on any atom is 0.0362 e. The highest BCUT2D eigenvalue weighted by atomic mass is 15.1. The quantitative estimate of drug-likeness (QED) is 0.588. The molecule has 1 aliphatic heterocycles. The number of rotatable bonds is 0. The van der Waals surface area contributed by atoms with Gasteiger partial charge in [0.25, 0.3) is 0 Å². The summed E-state index contributed by atoms with van der Waals surface area (Å²) in [5.74, 6) is 0.325. The van der Waals surface area contributed by atoms with E-state index in [-0.39, 0.29) is 6.04 Å². The van der Waals surface area contributed by atoms with Crippen molar-refractivity contribution >= 4 is 17.3 Å². The largest absolute Gasteiger partial charge is 0.453 e. The van der Waals surface area contributed by atoms with Crippen molar-refractivity contribution in [2.75, 3.05) is 5.73 Å². The highest BCUT2D eigenvalue weighted by Gasteiger charge is 2.13. The number of benzene rings is 1. The third-order valence-corrected chi connectivity index (χ3v) is 2.10. The van der Waals surface area contributed by atoms with Gasteiger partial charge in [-0.05, 0) is 17.3 Å². The summed E-state index contributed by atoms with van der Waals surface area (Å²) in [6.07, 6.45) is 0. The minimum absolute atomic E-state index is 0.00806. The molecule has 1 aliphatic rings. The molecule has 1 aromatic carbocycles. The van der Waals surface area contributed by atoms with E-state index in [9.17, 15) is 0 Å². The Balaban J connectivity index is 2.62. The lowest BCUT2D eigenvalue weighted by Gasteiger charge is -2.29. The van der Waals surface area contributed by atoms with Gasteiger partial charge in [0.2, 0.25) is 0 Å². The van der Waals surface area contributed by atoms with E-state index in [0.29, 0.717) is 5.96 Å². The van der Waals surface area contributed by atoms with Crippen LogP contribution >= 0.6 is 0 Å². The van der Waals surface area contributed by atoms with Gasteiger partial charge in [-0.25, -0.2) is 0 Å². The fourth-order valence-electron chi connectivity index (χ4n) is 1.54. The van der Waals surface area contributed by atoms with E-state index in [0.717, 1.165) is 16.9 Å². The van der Waals surface area contributed by atoms with Crippen LogP contribution < -0.4 is 11.5 Å². The van der Waals surface area contributed by atoms with Gasteiger partial charge >= 0.3 is 0 Å². The number of aliphatic imine (C=N–C) groups is 1. The first-order chi connectivity index (χ1) is 6.18. The first kappa shape index (κ1) is 7.91. The number of hydrogen-bond acceptors (Lipinski definition) is 3. The summed E-state index contributed by atoms with van der Waals surface area (Å²) >= 11 is 0. The van der Waals surface area contributed by atoms with Gasteiger partial charge in [0, 0.05) is 17.7 Å². The van der Waals surface area contributed by atoms with Gasteiger partial charge in [-0.3, -0.25) is 0 Å². The van der Waals surface area contributed by atoms with E-state index in [1.54, 1.807) is 0 Å². The monoisotopic (exact) mass is 175 g/mol. The Kier molecular flexibility index (Phi) is 1.62. The third-order valence-electron chi connectivity index (χ3n) is 2.10. The highest BCUT2D eigenvalue weighted by molar-refractivity contribution is 5.96. The highest BCUT2D eigenvalue weighted by Crippen LogP contribution is 2.38. The molecule has 1 atom stereocenters. The van der Waals surface area contributed by atoms with Crippen LogP contribution in [0.4, 0.5) is 11.4 Å². The van der Waals surface area contributed by atoms with E-state index in [1.165, 1.54) is 0 Å². The van der Waals surface area contributed by atoms with Gasteiger partial charge in [-0.1, -0.05) is 19.1 Å². The Labute approximate surface area is 76.6 Å². The van der Waals surface area contributed by atoms with Gasteiger partial charge in [0.15, 0.2) is 0 Å². The van der Waals surface area contributed by atoms with Crippen LogP contribution in [0.2, 0.25) is 0 Å². The third kappa shape index (κ3) is 1.20. The molecule has 0 spiro atoms. The molecular formula is C9H11N4-. The van der Waals surface area contributed by atoms with Crippen molar-refractivity contribution < 1.29 is 0 Å². The van der Waals surface area contributed by atoms with E-state index in [1.807, 2.05) is 25.1 Å². The van der Waals surface area contributed by atoms with E-state index >= 15 is 0 Å². The van der Waals surface area contributed by atoms with Crippen molar-refractivity contribution in [2.45, 2.75) is 13.0 Å². The number of hydrogen-bond donors (Lipinski definition) is 2. The molecular weight excluding hydrogens is 164 g/mol. The summed E-state index contributed by atoms with van der Waals surface area (Å²) in [5, 5.41) is 4.13. The SMILES string of the molecule is CC1[N-]C(N)=Nc2cccc(N)c21. The Morgan fingerprint density at radius 1 is 1.38 bits per heavy atom. The average molecular weight is 175 g/mol. The van der Waals surface area contributed by atoms with Crippen molar-refractivity contribution in [3.63, 3.8) is 0 Å². The minimum atomic E-state index is 0.00806. The van der Waals surface area contributed by atoms with Crippen LogP contribution in [0.25, 0.3) is 5.32 Å². The second-order valence-corrected chi connectivity index (χ2v) is 3.06. The van der Waals surface area contributed by atoms with Crippen LogP contribution in [0.15, 0.2) is 23.2 Å². The van der Waals surface area contributed by atoms with Crippen molar-refractivity contribution in [3.8, 4) is 0 Å². The van der Waals surface area contributed by atoms with Crippen molar-refractivity contribution in [1.82, 2.24) is 0 Å². The zero-order valence-electron chi connectivity index (χ0n) is 7.36. The van der Waals surface area contributed by atoms with Gasteiger partial charge < -0.3 is 21.8 Å². The molecule has 68 valence electrons. The minimum Gasteiger partial charge on any atom is -0.453 e. The molecule has 1 unspecified atom stereocenters. The summed E-state index contributed by atoms with van der Waals surface area (Å²) in [4.78, 5) is 4.10. The zero-order chi connectivity index (χ0) is 9.42. The normalized spacial score (nSPS) is 20.1. The number of nitrogen functional groups attached to an aromatic ring is 1. The van der Waals surface area contributed by atoms with Crippen LogP contribution in [-0.2, 0) is 0 Å². The predicted molar refractivity (Wildman–Crippen MR) is 53.9 cm³/mol. The van der Waals surface area contributed by atoms with Gasteiger partial charge in [-0.15, -0.1) is 0 Å². The molecule has 0 bridgehead atoms. The van der Waals surface area contributed by atoms with Crippen LogP contribution in [0.3, 0.4) is 0 Å². The molecule has 13 heavy (non-hydrogen) atoms. The maximum absolute atomic E-state index is 5.81. The van der Waals surface area contributed by atoms with Crippen LogP contribution in [-0.4, -0.2) is 5.96 Å². The second kappa shape index (κ2) is 2.65. The van der Waals surface area contributed by atoms with E-state index in [4.69, 9.17) is 11.5 Å². The molecule has 2 rings (SSSR count). The van der Waals surface area contributed by atoms with E-state index < -0.39 is 0 Å². The average Bonchev–Trinajstić information content (AvgIpc) is 2.02. The maximum atomic E-state index is 5.81. The molecule has 0 saturated carbocycles. The number of anilines is 1. The summed E-state index contributed by atoms with van der Waals surface area (Å²) < 4.78 is 0. The molecule has 4 heteroatoms. The molecule has 0 aromatic heterocycles. The molecule has 0 fully saturated rings. The number of fused-ring (bicyclic) bond motifs is 1. The fourth-order valence-corrected chi connectivity index (χ4v) is 1.54. The fraction of sp³-hybridized carbons (Fsp3) is 0.222. The topological polar surface area (TPSA) is 78.5 Å². The Morgan fingerprint density at radius 2 is 2.15 bits per heavy atom. The van der Waals surface area contributed by atoms with Gasteiger partial charge in [-0.2, -0.15) is 0 Å².